The molecule has 2 heterocycles. The molecule has 1 atom stereocenters. The number of aliphatic imine (C=N–C) groups is 1. The zero-order chi connectivity index (χ0) is 20.8. The molecule has 1 aromatic heterocycles. The van der Waals surface area contributed by atoms with E-state index in [1.54, 1.807) is 24.7 Å². The monoisotopic (exact) mass is 407 g/mol. The highest BCUT2D eigenvalue weighted by atomic mass is 16.4. The number of aldehydes is 1. The molecular formula is C24H29N3O3. The van der Waals surface area contributed by atoms with Gasteiger partial charge in [0.25, 0.3) is 0 Å². The maximum Gasteiger partial charge on any atom is 0.317 e. The third-order valence-electron chi connectivity index (χ3n) is 7.91. The summed E-state index contributed by atoms with van der Waals surface area (Å²) in [5.74, 6) is 1.28. The Hall–Kier alpha value is -2.50. The average molecular weight is 408 g/mol. The second kappa shape index (κ2) is 7.33. The molecule has 4 aliphatic carbocycles. The van der Waals surface area contributed by atoms with Gasteiger partial charge in [-0.2, -0.15) is 0 Å². The van der Waals surface area contributed by atoms with Crippen LogP contribution in [0.1, 0.15) is 50.5 Å². The zero-order valence-electron chi connectivity index (χ0n) is 17.2. The van der Waals surface area contributed by atoms with Gasteiger partial charge in [0.05, 0.1) is 0 Å². The third kappa shape index (κ3) is 3.26. The molecule has 158 valence electrons. The molecule has 1 aromatic rings. The minimum absolute atomic E-state index is 0.0831. The van der Waals surface area contributed by atoms with Crippen LogP contribution in [0.2, 0.25) is 0 Å². The van der Waals surface area contributed by atoms with Crippen molar-refractivity contribution < 1.29 is 14.7 Å². The van der Waals surface area contributed by atoms with Crippen LogP contribution in [0, 0.1) is 23.2 Å². The summed E-state index contributed by atoms with van der Waals surface area (Å²) in [5, 5.41) is 10.1. The number of carboxylic acids is 1. The fourth-order valence-corrected chi connectivity index (χ4v) is 6.99. The van der Waals surface area contributed by atoms with Gasteiger partial charge in [0, 0.05) is 36.3 Å². The number of carbonyl (C=O) groups excluding carboxylic acids is 1. The Bertz CT molecular complexity index is 859. The SMILES string of the molecule is O=CC(CC1=CC=NCN1C12CC3CC(CC(C3)C1)C2)(Cc1cccnc1)C(=O)O. The number of aromatic nitrogens is 1. The van der Waals surface area contributed by atoms with Gasteiger partial charge in [-0.3, -0.25) is 14.8 Å². The number of rotatable bonds is 7. The standard InChI is InChI=1S/C24H29N3O3/c28-15-23(22(29)30,9-17-2-1-4-25-14-17)13-21-3-5-26-16-27(21)24-10-18-6-19(11-24)8-20(7-18)12-24/h1-5,14-15,18-20H,6-13,16H2,(H,29,30). The first kappa shape index (κ1) is 19.5. The molecule has 1 N–H and O–H groups in total. The van der Waals surface area contributed by atoms with Gasteiger partial charge in [0.1, 0.15) is 18.4 Å². The summed E-state index contributed by atoms with van der Waals surface area (Å²) >= 11 is 0. The van der Waals surface area contributed by atoms with Gasteiger partial charge >= 0.3 is 5.97 Å². The fraction of sp³-hybridized carbons (Fsp3) is 0.583. The van der Waals surface area contributed by atoms with Crippen molar-refractivity contribution in [3.05, 3.63) is 41.9 Å². The molecule has 6 rings (SSSR count). The van der Waals surface area contributed by atoms with Crippen LogP contribution >= 0.6 is 0 Å². The van der Waals surface area contributed by atoms with E-state index in [1.807, 2.05) is 12.1 Å². The number of hydrogen-bond donors (Lipinski definition) is 1. The quantitative estimate of drug-likeness (QED) is 0.553. The van der Waals surface area contributed by atoms with E-state index in [1.165, 1.54) is 38.5 Å². The molecule has 4 saturated carbocycles. The van der Waals surface area contributed by atoms with E-state index < -0.39 is 11.4 Å². The van der Waals surface area contributed by atoms with Crippen LogP contribution < -0.4 is 0 Å². The predicted octanol–water partition coefficient (Wildman–Crippen LogP) is 3.48. The van der Waals surface area contributed by atoms with Crippen LogP contribution in [-0.4, -0.2) is 45.7 Å². The second-order valence-corrected chi connectivity index (χ2v) is 9.99. The lowest BCUT2D eigenvalue weighted by molar-refractivity contribution is -0.152. The van der Waals surface area contributed by atoms with Crippen LogP contribution in [0.3, 0.4) is 0 Å². The first-order valence-electron chi connectivity index (χ1n) is 11.1. The molecule has 1 unspecified atom stereocenters. The van der Waals surface area contributed by atoms with Crippen molar-refractivity contribution >= 4 is 18.5 Å². The predicted molar refractivity (Wildman–Crippen MR) is 113 cm³/mol. The van der Waals surface area contributed by atoms with Crippen molar-refractivity contribution in [1.29, 1.82) is 0 Å². The molecule has 0 saturated heterocycles. The molecule has 0 amide bonds. The molecule has 0 spiro atoms. The average Bonchev–Trinajstić information content (AvgIpc) is 2.73. The third-order valence-corrected chi connectivity index (χ3v) is 7.91. The van der Waals surface area contributed by atoms with E-state index in [4.69, 9.17) is 0 Å². The minimum Gasteiger partial charge on any atom is -0.480 e. The summed E-state index contributed by atoms with van der Waals surface area (Å²) in [7, 11) is 0. The van der Waals surface area contributed by atoms with Gasteiger partial charge in [-0.05, 0) is 80.4 Å². The molecule has 6 nitrogen and oxygen atoms in total. The summed E-state index contributed by atoms with van der Waals surface area (Å²) in [6.45, 7) is 0.569. The lowest BCUT2D eigenvalue weighted by atomic mass is 9.52. The second-order valence-electron chi connectivity index (χ2n) is 9.99. The highest BCUT2D eigenvalue weighted by Gasteiger charge is 2.54. The summed E-state index contributed by atoms with van der Waals surface area (Å²) in [6.07, 6.45) is 15.6. The Morgan fingerprint density at radius 1 is 1.20 bits per heavy atom. The number of allylic oxidation sites excluding steroid dienone is 2. The molecule has 6 heteroatoms. The molecule has 0 radical (unpaired) electrons. The van der Waals surface area contributed by atoms with Crippen molar-refractivity contribution in [3.63, 3.8) is 0 Å². The van der Waals surface area contributed by atoms with Gasteiger partial charge in [-0.25, -0.2) is 0 Å². The topological polar surface area (TPSA) is 82.9 Å². The van der Waals surface area contributed by atoms with E-state index >= 15 is 0 Å². The van der Waals surface area contributed by atoms with Crippen molar-refractivity contribution in [2.24, 2.45) is 28.2 Å². The highest BCUT2D eigenvalue weighted by molar-refractivity contribution is 5.93. The van der Waals surface area contributed by atoms with E-state index in [0.717, 1.165) is 29.0 Å². The van der Waals surface area contributed by atoms with Crippen molar-refractivity contribution in [2.75, 3.05) is 6.67 Å². The molecular weight excluding hydrogens is 378 g/mol. The Morgan fingerprint density at radius 3 is 2.47 bits per heavy atom. The maximum atomic E-state index is 12.4. The van der Waals surface area contributed by atoms with Gasteiger partial charge in [-0.15, -0.1) is 0 Å². The van der Waals surface area contributed by atoms with Crippen molar-refractivity contribution in [3.8, 4) is 0 Å². The molecule has 1 aliphatic heterocycles. The normalized spacial score (nSPS) is 33.8. The summed E-state index contributed by atoms with van der Waals surface area (Å²) in [4.78, 5) is 35.6. The largest absolute Gasteiger partial charge is 0.480 e. The van der Waals surface area contributed by atoms with E-state index in [-0.39, 0.29) is 18.4 Å². The van der Waals surface area contributed by atoms with E-state index in [2.05, 4.69) is 14.9 Å². The number of aliphatic carboxylic acids is 1. The van der Waals surface area contributed by atoms with Gasteiger partial charge in [0.2, 0.25) is 0 Å². The summed E-state index contributed by atoms with van der Waals surface area (Å²) in [5.41, 5.74) is 0.296. The fourth-order valence-electron chi connectivity index (χ4n) is 6.99. The molecule has 0 aromatic carbocycles. The van der Waals surface area contributed by atoms with E-state index in [0.29, 0.717) is 13.0 Å². The smallest absolute Gasteiger partial charge is 0.317 e. The number of pyridine rings is 1. The van der Waals surface area contributed by atoms with Gasteiger partial charge in [-0.1, -0.05) is 6.07 Å². The number of carboxylic acid groups (broad SMARTS) is 1. The Balaban J connectivity index is 1.45. The molecule has 30 heavy (non-hydrogen) atoms. The lowest BCUT2D eigenvalue weighted by Crippen LogP contribution is -2.60. The lowest BCUT2D eigenvalue weighted by Gasteiger charge is -2.61. The van der Waals surface area contributed by atoms with Crippen molar-refractivity contribution in [2.45, 2.75) is 56.9 Å². The zero-order valence-corrected chi connectivity index (χ0v) is 17.2. The molecule has 4 bridgehead atoms. The van der Waals surface area contributed by atoms with Gasteiger partial charge in [0.15, 0.2) is 0 Å². The number of hydrogen-bond acceptors (Lipinski definition) is 5. The van der Waals surface area contributed by atoms with Crippen LogP contribution in [0.25, 0.3) is 0 Å². The maximum absolute atomic E-state index is 12.4. The Morgan fingerprint density at radius 2 is 1.90 bits per heavy atom. The summed E-state index contributed by atoms with van der Waals surface area (Å²) < 4.78 is 0. The van der Waals surface area contributed by atoms with E-state index in [9.17, 15) is 14.7 Å². The van der Waals surface area contributed by atoms with Crippen LogP contribution in [0.15, 0.2) is 41.3 Å². The number of nitrogens with zero attached hydrogens (tertiary/aromatic N) is 3. The van der Waals surface area contributed by atoms with Crippen LogP contribution in [0.5, 0.6) is 0 Å². The van der Waals surface area contributed by atoms with Crippen molar-refractivity contribution in [1.82, 2.24) is 9.88 Å². The van der Waals surface area contributed by atoms with Crippen LogP contribution in [-0.2, 0) is 16.0 Å². The molecule has 4 fully saturated rings. The van der Waals surface area contributed by atoms with Crippen LogP contribution in [0.4, 0.5) is 0 Å². The Labute approximate surface area is 177 Å². The first-order chi connectivity index (χ1) is 14.5. The molecule has 5 aliphatic rings. The Kier molecular flexibility index (Phi) is 4.75. The summed E-state index contributed by atoms with van der Waals surface area (Å²) in [6, 6.07) is 3.61. The number of carbonyl (C=O) groups is 2. The highest BCUT2D eigenvalue weighted by Crippen LogP contribution is 2.59. The first-order valence-corrected chi connectivity index (χ1v) is 11.1. The minimum atomic E-state index is -1.50. The van der Waals surface area contributed by atoms with Gasteiger partial charge < -0.3 is 14.8 Å².